The van der Waals surface area contributed by atoms with E-state index in [4.69, 9.17) is 0 Å². The van der Waals surface area contributed by atoms with Gasteiger partial charge in [0.25, 0.3) is 5.91 Å². The molecule has 0 saturated carbocycles. The molecule has 0 aromatic heterocycles. The van der Waals surface area contributed by atoms with Gasteiger partial charge in [-0.1, -0.05) is 12.1 Å². The van der Waals surface area contributed by atoms with Crippen molar-refractivity contribution >= 4 is 36.2 Å². The molecule has 10 heteroatoms. The molecule has 0 radical (unpaired) electrons. The lowest BCUT2D eigenvalue weighted by Gasteiger charge is -2.29. The van der Waals surface area contributed by atoms with Crippen LogP contribution in [0.1, 0.15) is 34.3 Å². The highest BCUT2D eigenvalue weighted by Gasteiger charge is 2.39. The Labute approximate surface area is 175 Å². The molecule has 2 aliphatic heterocycles. The Morgan fingerprint density at radius 3 is 2.76 bits per heavy atom. The van der Waals surface area contributed by atoms with E-state index in [0.717, 1.165) is 11.1 Å². The van der Waals surface area contributed by atoms with Crippen LogP contribution in [-0.4, -0.2) is 66.8 Å². The number of benzene rings is 1. The molecule has 2 heterocycles. The van der Waals surface area contributed by atoms with E-state index >= 15 is 0 Å². The van der Waals surface area contributed by atoms with Crippen LogP contribution < -0.4 is 16.0 Å². The zero-order valence-corrected chi connectivity index (χ0v) is 17.3. The van der Waals surface area contributed by atoms with Crippen LogP contribution in [0, 0.1) is 0 Å². The summed E-state index contributed by atoms with van der Waals surface area (Å²) in [6.45, 7) is 1.95. The Bertz CT molecular complexity index is 816. The molecule has 1 unspecified atom stereocenters. The van der Waals surface area contributed by atoms with Crippen LogP contribution in [-0.2, 0) is 22.7 Å². The van der Waals surface area contributed by atoms with Gasteiger partial charge in [0.15, 0.2) is 0 Å². The Morgan fingerprint density at radius 2 is 2.07 bits per heavy atom. The molecule has 0 aliphatic carbocycles. The van der Waals surface area contributed by atoms with Crippen molar-refractivity contribution < 1.29 is 19.2 Å². The number of fused-ring (bicyclic) bond motifs is 1. The Kier molecular flexibility index (Phi) is 7.58. The third kappa shape index (κ3) is 5.04. The molecule has 1 fully saturated rings. The van der Waals surface area contributed by atoms with Gasteiger partial charge in [-0.25, -0.2) is 4.79 Å². The molecule has 9 nitrogen and oxygen atoms in total. The van der Waals surface area contributed by atoms with Crippen molar-refractivity contribution in [2.45, 2.75) is 32.0 Å². The zero-order chi connectivity index (χ0) is 20.3. The summed E-state index contributed by atoms with van der Waals surface area (Å²) in [5, 5.41) is 8.11. The average molecular weight is 424 g/mol. The van der Waals surface area contributed by atoms with E-state index in [1.807, 2.05) is 19.2 Å². The van der Waals surface area contributed by atoms with Gasteiger partial charge in [0.2, 0.25) is 11.8 Å². The number of likely N-dealkylation sites (N-methyl/N-ethyl adjacent to an activating group) is 2. The molecular weight excluding hydrogens is 398 g/mol. The van der Waals surface area contributed by atoms with Crippen LogP contribution in [0.15, 0.2) is 18.2 Å². The smallest absolute Gasteiger partial charge is 0.317 e. The molecule has 0 spiro atoms. The van der Waals surface area contributed by atoms with E-state index in [1.54, 1.807) is 18.0 Å². The van der Waals surface area contributed by atoms with Crippen molar-refractivity contribution in [2.75, 3.05) is 27.2 Å². The molecule has 1 atom stereocenters. The molecule has 1 saturated heterocycles. The molecule has 29 heavy (non-hydrogen) atoms. The van der Waals surface area contributed by atoms with E-state index in [9.17, 15) is 19.2 Å². The second-order valence-electron chi connectivity index (χ2n) is 7.08. The average Bonchev–Trinajstić information content (AvgIpc) is 3.00. The lowest BCUT2D eigenvalue weighted by atomic mass is 10.0. The van der Waals surface area contributed by atoms with Crippen molar-refractivity contribution in [1.29, 1.82) is 0 Å². The summed E-state index contributed by atoms with van der Waals surface area (Å²) < 4.78 is 0. The van der Waals surface area contributed by atoms with E-state index in [2.05, 4.69) is 16.0 Å². The van der Waals surface area contributed by atoms with Gasteiger partial charge in [0.05, 0.1) is 0 Å². The fourth-order valence-electron chi connectivity index (χ4n) is 3.41. The number of hydrogen-bond acceptors (Lipinski definition) is 5. The number of carbonyl (C=O) groups is 4. The minimum atomic E-state index is -0.624. The summed E-state index contributed by atoms with van der Waals surface area (Å²) in [6, 6.07) is 4.67. The number of piperidine rings is 1. The molecular formula is C19H26ClN5O4. The standard InChI is InChI=1S/C19H25N5O4.ClH/c1-20-7-8-23(2)19(28)21-10-12-3-4-13-11-24(18(27)14(13)9-12)15-5-6-16(25)22-17(15)26;/h3-4,9,15,20H,5-8,10-11H2,1-2H3,(H,21,28)(H,22,25,26);1H. The van der Waals surface area contributed by atoms with Crippen molar-refractivity contribution in [2.24, 2.45) is 0 Å². The maximum Gasteiger partial charge on any atom is 0.317 e. The Morgan fingerprint density at radius 1 is 1.31 bits per heavy atom. The minimum Gasteiger partial charge on any atom is -0.334 e. The van der Waals surface area contributed by atoms with Crippen LogP contribution in [0.3, 0.4) is 0 Å². The van der Waals surface area contributed by atoms with Gasteiger partial charge in [-0.15, -0.1) is 12.4 Å². The summed E-state index contributed by atoms with van der Waals surface area (Å²) in [6.07, 6.45) is 0.571. The number of halogens is 1. The van der Waals surface area contributed by atoms with Crippen LogP contribution in [0.2, 0.25) is 0 Å². The van der Waals surface area contributed by atoms with Gasteiger partial charge in [-0.2, -0.15) is 0 Å². The molecule has 0 bridgehead atoms. The number of imide groups is 1. The molecule has 1 aromatic carbocycles. The highest BCUT2D eigenvalue weighted by Crippen LogP contribution is 2.28. The molecule has 158 valence electrons. The Hall–Kier alpha value is -2.65. The van der Waals surface area contributed by atoms with Gasteiger partial charge in [-0.05, 0) is 30.7 Å². The number of nitrogens with one attached hydrogen (secondary N) is 3. The predicted molar refractivity (Wildman–Crippen MR) is 109 cm³/mol. The van der Waals surface area contributed by atoms with Crippen LogP contribution in [0.25, 0.3) is 0 Å². The summed E-state index contributed by atoms with van der Waals surface area (Å²) in [7, 11) is 3.54. The number of amides is 5. The highest BCUT2D eigenvalue weighted by atomic mass is 35.5. The van der Waals surface area contributed by atoms with E-state index in [0.29, 0.717) is 38.2 Å². The van der Waals surface area contributed by atoms with Crippen LogP contribution in [0.4, 0.5) is 4.79 Å². The second kappa shape index (κ2) is 9.71. The molecule has 3 rings (SSSR count). The van der Waals surface area contributed by atoms with Crippen molar-refractivity contribution in [3.63, 3.8) is 0 Å². The third-order valence-electron chi connectivity index (χ3n) is 5.08. The number of carbonyl (C=O) groups excluding carboxylic acids is 4. The van der Waals surface area contributed by atoms with Crippen molar-refractivity contribution in [3.05, 3.63) is 34.9 Å². The summed E-state index contributed by atoms with van der Waals surface area (Å²) in [4.78, 5) is 51.4. The Balaban J connectivity index is 0.00000300. The first-order valence-electron chi connectivity index (χ1n) is 9.30. The lowest BCUT2D eigenvalue weighted by molar-refractivity contribution is -0.136. The number of rotatable bonds is 6. The van der Waals surface area contributed by atoms with Gasteiger partial charge < -0.3 is 20.4 Å². The fraction of sp³-hybridized carbons (Fsp3) is 0.474. The monoisotopic (exact) mass is 423 g/mol. The van der Waals surface area contributed by atoms with Gasteiger partial charge >= 0.3 is 6.03 Å². The third-order valence-corrected chi connectivity index (χ3v) is 5.08. The van der Waals surface area contributed by atoms with Gasteiger partial charge in [0.1, 0.15) is 6.04 Å². The van der Waals surface area contributed by atoms with Crippen LogP contribution in [0.5, 0.6) is 0 Å². The van der Waals surface area contributed by atoms with E-state index < -0.39 is 11.9 Å². The first-order chi connectivity index (χ1) is 13.4. The van der Waals surface area contributed by atoms with Crippen molar-refractivity contribution in [3.8, 4) is 0 Å². The topological polar surface area (TPSA) is 111 Å². The van der Waals surface area contributed by atoms with E-state index in [-0.39, 0.29) is 36.7 Å². The van der Waals surface area contributed by atoms with Gasteiger partial charge in [0, 0.05) is 45.2 Å². The van der Waals surface area contributed by atoms with E-state index in [1.165, 1.54) is 4.90 Å². The largest absolute Gasteiger partial charge is 0.334 e. The predicted octanol–water partition coefficient (Wildman–Crippen LogP) is 0.230. The highest BCUT2D eigenvalue weighted by molar-refractivity contribution is 6.05. The molecule has 1 aromatic rings. The number of nitrogens with zero attached hydrogens (tertiary/aromatic N) is 2. The molecule has 2 aliphatic rings. The molecule has 3 N–H and O–H groups in total. The minimum absolute atomic E-state index is 0. The first kappa shape index (κ1) is 22.6. The summed E-state index contributed by atoms with van der Waals surface area (Å²) in [5.74, 6) is -0.943. The summed E-state index contributed by atoms with van der Waals surface area (Å²) >= 11 is 0. The van der Waals surface area contributed by atoms with Gasteiger partial charge in [-0.3, -0.25) is 19.7 Å². The van der Waals surface area contributed by atoms with Crippen molar-refractivity contribution in [1.82, 2.24) is 25.8 Å². The summed E-state index contributed by atoms with van der Waals surface area (Å²) in [5.41, 5.74) is 2.20. The molecule has 5 amide bonds. The first-order valence-corrected chi connectivity index (χ1v) is 9.30. The number of urea groups is 1. The van der Waals surface area contributed by atoms with Crippen LogP contribution >= 0.6 is 12.4 Å². The normalized spacial score (nSPS) is 18.1. The zero-order valence-electron chi connectivity index (χ0n) is 16.5. The maximum atomic E-state index is 12.8. The maximum absolute atomic E-state index is 12.8. The lowest BCUT2D eigenvalue weighted by Crippen LogP contribution is -2.52. The number of hydrogen-bond donors (Lipinski definition) is 3. The SMILES string of the molecule is CNCCN(C)C(=O)NCc1ccc2c(c1)C(=O)N(C1CCC(=O)NC1=O)C2.Cl. The second-order valence-corrected chi connectivity index (χ2v) is 7.08. The fourth-order valence-corrected chi connectivity index (χ4v) is 3.41. The quantitative estimate of drug-likeness (QED) is 0.567.